The van der Waals surface area contributed by atoms with Crippen molar-refractivity contribution in [3.63, 3.8) is 0 Å². The summed E-state index contributed by atoms with van der Waals surface area (Å²) in [5.74, 6) is 0. The average Bonchev–Trinajstić information content (AvgIpc) is 1.92. The molecule has 1 rings (SSSR count). The predicted molar refractivity (Wildman–Crippen MR) is 64.2 cm³/mol. The fourth-order valence-corrected chi connectivity index (χ4v) is 2.29. The van der Waals surface area contributed by atoms with Gasteiger partial charge in [-0.15, -0.1) is 0 Å². The summed E-state index contributed by atoms with van der Waals surface area (Å²) in [7, 11) is -1.49. The second-order valence-electron chi connectivity index (χ2n) is 5.80. The summed E-state index contributed by atoms with van der Waals surface area (Å²) in [6.45, 7) is 16.1. The Morgan fingerprint density at radius 1 is 1.21 bits per heavy atom. The second-order valence-corrected chi connectivity index (χ2v) is 10.6. The van der Waals surface area contributed by atoms with Gasteiger partial charge in [0.2, 0.25) is 0 Å². The minimum absolute atomic E-state index is 0.349. The zero-order valence-electron chi connectivity index (χ0n) is 10.4. The quantitative estimate of drug-likeness (QED) is 0.669. The van der Waals surface area contributed by atoms with Crippen LogP contribution in [0.2, 0.25) is 18.1 Å². The Balaban J connectivity index is 2.21. The Kier molecular flexibility index (Phi) is 3.78. The molecule has 14 heavy (non-hydrogen) atoms. The van der Waals surface area contributed by atoms with Crippen LogP contribution in [0.5, 0.6) is 0 Å². The zero-order valence-corrected chi connectivity index (χ0v) is 11.4. The van der Waals surface area contributed by atoms with Crippen molar-refractivity contribution in [1.82, 2.24) is 4.90 Å². The number of rotatable bonds is 4. The molecule has 0 N–H and O–H groups in total. The van der Waals surface area contributed by atoms with Crippen molar-refractivity contribution in [3.05, 3.63) is 0 Å². The molecule has 0 bridgehead atoms. The first kappa shape index (κ1) is 12.2. The molecule has 0 spiro atoms. The van der Waals surface area contributed by atoms with Crippen molar-refractivity contribution in [2.45, 2.75) is 45.3 Å². The van der Waals surface area contributed by atoms with Crippen LogP contribution in [0, 0.1) is 0 Å². The highest BCUT2D eigenvalue weighted by molar-refractivity contribution is 6.74. The van der Waals surface area contributed by atoms with Crippen molar-refractivity contribution in [2.75, 3.05) is 26.2 Å². The summed E-state index contributed by atoms with van der Waals surface area (Å²) in [5, 5.41) is 0.349. The summed E-state index contributed by atoms with van der Waals surface area (Å²) in [4.78, 5) is 2.47. The van der Waals surface area contributed by atoms with Crippen molar-refractivity contribution in [2.24, 2.45) is 0 Å². The monoisotopic (exact) mass is 215 g/mol. The van der Waals surface area contributed by atoms with E-state index in [0.717, 1.165) is 13.2 Å². The minimum atomic E-state index is -1.49. The Morgan fingerprint density at radius 3 is 2.14 bits per heavy atom. The Hall–Kier alpha value is 0.137. The fourth-order valence-electron chi connectivity index (χ4n) is 1.25. The average molecular weight is 215 g/mol. The van der Waals surface area contributed by atoms with E-state index in [9.17, 15) is 0 Å². The van der Waals surface area contributed by atoms with Gasteiger partial charge in [-0.3, -0.25) is 0 Å². The van der Waals surface area contributed by atoms with E-state index >= 15 is 0 Å². The molecule has 2 nitrogen and oxygen atoms in total. The van der Waals surface area contributed by atoms with Gasteiger partial charge in [-0.2, -0.15) is 0 Å². The summed E-state index contributed by atoms with van der Waals surface area (Å²) in [6, 6.07) is 0. The van der Waals surface area contributed by atoms with Crippen LogP contribution in [0.3, 0.4) is 0 Å². The first-order valence-electron chi connectivity index (χ1n) is 5.69. The van der Waals surface area contributed by atoms with Crippen LogP contribution in [-0.4, -0.2) is 39.5 Å². The fraction of sp³-hybridized carbons (Fsp3) is 1.00. The van der Waals surface area contributed by atoms with Crippen LogP contribution in [0.25, 0.3) is 0 Å². The molecule has 0 aromatic rings. The highest BCUT2D eigenvalue weighted by Gasteiger charge is 2.37. The lowest BCUT2D eigenvalue weighted by molar-refractivity contribution is 0.141. The van der Waals surface area contributed by atoms with E-state index in [2.05, 4.69) is 38.8 Å². The van der Waals surface area contributed by atoms with Crippen molar-refractivity contribution < 1.29 is 4.43 Å². The maximum atomic E-state index is 6.10. The molecule has 1 aliphatic rings. The van der Waals surface area contributed by atoms with Gasteiger partial charge < -0.3 is 9.33 Å². The maximum Gasteiger partial charge on any atom is 0.192 e. The van der Waals surface area contributed by atoms with Crippen LogP contribution < -0.4 is 0 Å². The predicted octanol–water partition coefficient (Wildman–Crippen LogP) is 2.71. The zero-order chi connectivity index (χ0) is 10.8. The van der Waals surface area contributed by atoms with Gasteiger partial charge in [-0.25, -0.2) is 0 Å². The summed E-state index contributed by atoms with van der Waals surface area (Å²) in [5.41, 5.74) is 0. The van der Waals surface area contributed by atoms with E-state index in [0.29, 0.717) is 5.04 Å². The molecular formula is C11H25NOSi. The Morgan fingerprint density at radius 2 is 1.79 bits per heavy atom. The number of hydrogen-bond donors (Lipinski definition) is 0. The standard InChI is InChI=1S/C11H25NOSi/c1-11(2,3)14(4,5)13-10-9-12-7-6-8-12/h6-10H2,1-5H3. The molecule has 0 radical (unpaired) electrons. The van der Waals surface area contributed by atoms with Gasteiger partial charge in [0.25, 0.3) is 0 Å². The summed E-state index contributed by atoms with van der Waals surface area (Å²) >= 11 is 0. The van der Waals surface area contributed by atoms with Gasteiger partial charge in [0.05, 0.1) is 0 Å². The van der Waals surface area contributed by atoms with E-state index < -0.39 is 8.32 Å². The highest BCUT2D eigenvalue weighted by atomic mass is 28.4. The SMILES string of the molecule is CC(C)(C)[Si](C)(C)OCCN1CCC1. The number of hydrogen-bond acceptors (Lipinski definition) is 2. The van der Waals surface area contributed by atoms with Crippen LogP contribution in [-0.2, 0) is 4.43 Å². The summed E-state index contributed by atoms with van der Waals surface area (Å²) < 4.78 is 6.10. The number of nitrogens with zero attached hydrogens (tertiary/aromatic N) is 1. The molecule has 0 aromatic carbocycles. The van der Waals surface area contributed by atoms with Gasteiger partial charge in [0, 0.05) is 13.2 Å². The van der Waals surface area contributed by atoms with Crippen LogP contribution >= 0.6 is 0 Å². The van der Waals surface area contributed by atoms with Crippen LogP contribution in [0.15, 0.2) is 0 Å². The van der Waals surface area contributed by atoms with Gasteiger partial charge in [0.15, 0.2) is 8.32 Å². The first-order valence-corrected chi connectivity index (χ1v) is 8.60. The molecule has 1 fully saturated rings. The van der Waals surface area contributed by atoms with E-state index in [1.165, 1.54) is 19.5 Å². The molecule has 84 valence electrons. The van der Waals surface area contributed by atoms with Crippen molar-refractivity contribution >= 4 is 8.32 Å². The molecule has 0 aliphatic carbocycles. The molecule has 0 atom stereocenters. The van der Waals surface area contributed by atoms with E-state index in [-0.39, 0.29) is 0 Å². The lowest BCUT2D eigenvalue weighted by Crippen LogP contribution is -2.45. The molecule has 3 heteroatoms. The first-order chi connectivity index (χ1) is 6.33. The third-order valence-electron chi connectivity index (χ3n) is 3.63. The molecule has 1 heterocycles. The van der Waals surface area contributed by atoms with Crippen LogP contribution in [0.4, 0.5) is 0 Å². The molecule has 1 aliphatic heterocycles. The van der Waals surface area contributed by atoms with Crippen molar-refractivity contribution in [1.29, 1.82) is 0 Å². The van der Waals surface area contributed by atoms with Gasteiger partial charge in [0.1, 0.15) is 0 Å². The smallest absolute Gasteiger partial charge is 0.192 e. The van der Waals surface area contributed by atoms with Crippen LogP contribution in [0.1, 0.15) is 27.2 Å². The molecule has 0 unspecified atom stereocenters. The lowest BCUT2D eigenvalue weighted by atomic mass is 10.2. The Labute approximate surface area is 89.8 Å². The normalized spacial score (nSPS) is 19.5. The summed E-state index contributed by atoms with van der Waals surface area (Å²) in [6.07, 6.45) is 1.38. The minimum Gasteiger partial charge on any atom is -0.416 e. The lowest BCUT2D eigenvalue weighted by Gasteiger charge is -2.38. The molecule has 0 aromatic heterocycles. The van der Waals surface area contributed by atoms with Gasteiger partial charge >= 0.3 is 0 Å². The van der Waals surface area contributed by atoms with Crippen molar-refractivity contribution in [3.8, 4) is 0 Å². The third-order valence-corrected chi connectivity index (χ3v) is 8.16. The topological polar surface area (TPSA) is 12.5 Å². The van der Waals surface area contributed by atoms with Gasteiger partial charge in [-0.05, 0) is 37.6 Å². The third kappa shape index (κ3) is 3.07. The molecular weight excluding hydrogens is 190 g/mol. The molecule has 0 saturated carbocycles. The maximum absolute atomic E-state index is 6.10. The van der Waals surface area contributed by atoms with Gasteiger partial charge in [-0.1, -0.05) is 20.8 Å². The molecule has 0 amide bonds. The second kappa shape index (κ2) is 4.33. The highest BCUT2D eigenvalue weighted by Crippen LogP contribution is 2.36. The van der Waals surface area contributed by atoms with E-state index in [1.54, 1.807) is 0 Å². The molecule has 1 saturated heterocycles. The largest absolute Gasteiger partial charge is 0.416 e. The van der Waals surface area contributed by atoms with E-state index in [1.807, 2.05) is 0 Å². The number of likely N-dealkylation sites (tertiary alicyclic amines) is 1. The van der Waals surface area contributed by atoms with E-state index in [4.69, 9.17) is 4.43 Å². The Bertz CT molecular complexity index is 182.